The SMILES string of the molecule is CC1=Cc2cc3nnc(nc4nc(c(C)c5c(C)c(C)c(c(C)c1n2)n5C)C(C)=N4)n3C. The van der Waals surface area contributed by atoms with Gasteiger partial charge < -0.3 is 4.57 Å². The molecule has 2 aliphatic heterocycles. The van der Waals surface area contributed by atoms with Crippen molar-refractivity contribution < 1.29 is 0 Å². The van der Waals surface area contributed by atoms with Gasteiger partial charge in [-0.3, -0.25) is 4.57 Å². The van der Waals surface area contributed by atoms with E-state index in [9.17, 15) is 0 Å². The van der Waals surface area contributed by atoms with Gasteiger partial charge in [0.05, 0.1) is 22.8 Å². The van der Waals surface area contributed by atoms with E-state index < -0.39 is 0 Å². The Labute approximate surface area is 186 Å². The lowest BCUT2D eigenvalue weighted by Crippen LogP contribution is -1.99. The van der Waals surface area contributed by atoms with Crippen LogP contribution in [0, 0.1) is 27.7 Å². The van der Waals surface area contributed by atoms with Gasteiger partial charge in [0.2, 0.25) is 0 Å². The zero-order valence-corrected chi connectivity index (χ0v) is 19.7. The summed E-state index contributed by atoms with van der Waals surface area (Å²) in [5, 5.41) is 8.52. The minimum atomic E-state index is 0.391. The number of allylic oxidation sites excluding steroid dienone is 1. The molecule has 0 N–H and O–H groups in total. The highest BCUT2D eigenvalue weighted by atomic mass is 15.3. The summed E-state index contributed by atoms with van der Waals surface area (Å²) in [5.74, 6) is 0.846. The quantitative estimate of drug-likeness (QED) is 0.530. The topological polar surface area (TPSA) is 86.7 Å². The van der Waals surface area contributed by atoms with Crippen molar-refractivity contribution in [2.45, 2.75) is 41.5 Å². The van der Waals surface area contributed by atoms with Gasteiger partial charge in [0, 0.05) is 36.8 Å². The Bertz CT molecular complexity index is 1430. The molecule has 2 aliphatic rings. The van der Waals surface area contributed by atoms with Gasteiger partial charge in [-0.2, -0.15) is 4.98 Å². The number of aliphatic imine (C=N–C) groups is 1. The van der Waals surface area contributed by atoms with Crippen molar-refractivity contribution in [3.05, 3.63) is 45.4 Å². The molecule has 0 saturated heterocycles. The molecule has 32 heavy (non-hydrogen) atoms. The minimum Gasteiger partial charge on any atom is -0.344 e. The van der Waals surface area contributed by atoms with E-state index in [1.807, 2.05) is 24.6 Å². The van der Waals surface area contributed by atoms with Crippen molar-refractivity contribution in [2.75, 3.05) is 0 Å². The van der Waals surface area contributed by atoms with Gasteiger partial charge in [-0.05, 0) is 69.9 Å². The number of aryl methyl sites for hydroxylation is 6. The Hall–Kier alpha value is -3.68. The molecular formula is C24H26N8. The molecule has 3 aromatic rings. The summed E-state index contributed by atoms with van der Waals surface area (Å²) in [6.45, 7) is 12.7. The number of fused-ring (bicyclic) bond motifs is 8. The Kier molecular flexibility index (Phi) is 4.37. The number of aromatic nitrogens is 7. The van der Waals surface area contributed by atoms with Crippen LogP contribution in [0.15, 0.2) is 11.1 Å². The van der Waals surface area contributed by atoms with E-state index in [-0.39, 0.29) is 0 Å². The molecule has 0 amide bonds. The average Bonchev–Trinajstić information content (AvgIpc) is 3.44. The molecule has 162 valence electrons. The Morgan fingerprint density at radius 3 is 2.03 bits per heavy atom. The Morgan fingerprint density at radius 2 is 1.34 bits per heavy atom. The predicted octanol–water partition coefficient (Wildman–Crippen LogP) is 4.46. The first-order valence-corrected chi connectivity index (χ1v) is 10.6. The summed E-state index contributed by atoms with van der Waals surface area (Å²) < 4.78 is 4.08. The first-order valence-electron chi connectivity index (χ1n) is 10.6. The second-order valence-electron chi connectivity index (χ2n) is 8.60. The Balaban J connectivity index is 2.06. The number of nitrogens with zero attached hydrogens (tertiary/aromatic N) is 8. The van der Waals surface area contributed by atoms with Crippen LogP contribution < -0.4 is 0 Å². The summed E-state index contributed by atoms with van der Waals surface area (Å²) in [6, 6.07) is 1.93. The van der Waals surface area contributed by atoms with E-state index in [0.29, 0.717) is 17.4 Å². The van der Waals surface area contributed by atoms with E-state index in [1.165, 1.54) is 16.6 Å². The summed E-state index contributed by atoms with van der Waals surface area (Å²) in [7, 11) is 4.00. The molecule has 0 atom stereocenters. The van der Waals surface area contributed by atoms with E-state index in [0.717, 1.165) is 45.0 Å². The molecule has 0 aliphatic carbocycles. The van der Waals surface area contributed by atoms with Crippen LogP contribution in [0.3, 0.4) is 0 Å². The van der Waals surface area contributed by atoms with Crippen LogP contribution in [-0.4, -0.2) is 40.0 Å². The van der Waals surface area contributed by atoms with E-state index >= 15 is 0 Å². The largest absolute Gasteiger partial charge is 0.344 e. The highest BCUT2D eigenvalue weighted by Gasteiger charge is 2.19. The highest BCUT2D eigenvalue weighted by Crippen LogP contribution is 2.32. The van der Waals surface area contributed by atoms with Gasteiger partial charge in [-0.15, -0.1) is 10.2 Å². The van der Waals surface area contributed by atoms with Gasteiger partial charge in [-0.1, -0.05) is 0 Å². The molecule has 8 bridgehead atoms. The molecule has 0 aromatic carbocycles. The fourth-order valence-electron chi connectivity index (χ4n) is 4.84. The normalized spacial score (nSPS) is 13.4. The smallest absolute Gasteiger partial charge is 0.254 e. The van der Waals surface area contributed by atoms with Gasteiger partial charge in [0.25, 0.3) is 11.7 Å². The summed E-state index contributed by atoms with van der Waals surface area (Å²) >= 11 is 0. The van der Waals surface area contributed by atoms with Gasteiger partial charge in [0.1, 0.15) is 0 Å². The maximum Gasteiger partial charge on any atom is 0.254 e. The molecule has 3 aromatic heterocycles. The van der Waals surface area contributed by atoms with Crippen molar-refractivity contribution in [3.8, 4) is 0 Å². The maximum absolute atomic E-state index is 4.94. The van der Waals surface area contributed by atoms with Crippen LogP contribution in [0.25, 0.3) is 34.1 Å². The second-order valence-corrected chi connectivity index (χ2v) is 8.60. The minimum absolute atomic E-state index is 0.391. The fourth-order valence-corrected chi connectivity index (χ4v) is 4.84. The second kappa shape index (κ2) is 6.91. The van der Waals surface area contributed by atoms with Crippen LogP contribution in [0.1, 0.15) is 53.2 Å². The molecule has 0 radical (unpaired) electrons. The molecule has 8 heteroatoms. The summed E-state index contributed by atoms with van der Waals surface area (Å²) in [5.41, 5.74) is 12.4. The molecule has 5 heterocycles. The number of hydrogen-bond donors (Lipinski definition) is 0. The fraction of sp³-hybridized carbons (Fsp3) is 0.333. The predicted molar refractivity (Wildman–Crippen MR) is 128 cm³/mol. The van der Waals surface area contributed by atoms with Crippen LogP contribution in [0.5, 0.6) is 0 Å². The number of rotatable bonds is 0. The van der Waals surface area contributed by atoms with E-state index in [4.69, 9.17) is 9.97 Å². The zero-order chi connectivity index (χ0) is 22.9. The van der Waals surface area contributed by atoms with Crippen LogP contribution in [0.2, 0.25) is 0 Å². The molecular weight excluding hydrogens is 400 g/mol. The molecule has 0 unspecified atom stereocenters. The molecule has 8 nitrogen and oxygen atoms in total. The third-order valence-corrected chi connectivity index (χ3v) is 6.53. The molecule has 0 fully saturated rings. The van der Waals surface area contributed by atoms with Crippen molar-refractivity contribution >= 4 is 45.8 Å². The number of hydrogen-bond acceptors (Lipinski definition) is 6. The van der Waals surface area contributed by atoms with Gasteiger partial charge in [-0.25, -0.2) is 15.0 Å². The lowest BCUT2D eigenvalue weighted by Gasteiger charge is -2.06. The standard InChI is InChI=1S/C24H26N8/c1-11-9-17-10-18-29-30-24(31(18)7)28-23-25-16(6)20(27-23)15(5)22-13(3)12(2)21(32(22)8)14(4)19(11)26-17/h9-10H,1-8H3. The first kappa shape index (κ1) is 20.2. The van der Waals surface area contributed by atoms with Crippen LogP contribution in [-0.2, 0) is 14.1 Å². The van der Waals surface area contributed by atoms with Crippen molar-refractivity contribution in [1.29, 1.82) is 0 Å². The molecule has 0 spiro atoms. The Morgan fingerprint density at radius 1 is 0.688 bits per heavy atom. The zero-order valence-electron chi connectivity index (χ0n) is 19.7. The van der Waals surface area contributed by atoms with Crippen molar-refractivity contribution in [2.24, 2.45) is 19.1 Å². The lowest BCUT2D eigenvalue weighted by atomic mass is 10.1. The third kappa shape index (κ3) is 2.82. The van der Waals surface area contributed by atoms with Gasteiger partial charge >= 0.3 is 0 Å². The third-order valence-electron chi connectivity index (χ3n) is 6.53. The van der Waals surface area contributed by atoms with Crippen molar-refractivity contribution in [1.82, 2.24) is 34.3 Å². The first-order chi connectivity index (χ1) is 15.2. The van der Waals surface area contributed by atoms with Gasteiger partial charge in [0.15, 0.2) is 5.65 Å². The van der Waals surface area contributed by atoms with E-state index in [2.05, 4.69) is 72.5 Å². The highest BCUT2D eigenvalue weighted by molar-refractivity contribution is 6.03. The van der Waals surface area contributed by atoms with E-state index in [1.54, 1.807) is 0 Å². The molecule has 0 saturated carbocycles. The summed E-state index contributed by atoms with van der Waals surface area (Å²) in [6.07, 6.45) is 2.08. The summed E-state index contributed by atoms with van der Waals surface area (Å²) in [4.78, 5) is 18.8. The maximum atomic E-state index is 4.94. The average molecular weight is 427 g/mol. The lowest BCUT2D eigenvalue weighted by molar-refractivity contribution is 0.966. The van der Waals surface area contributed by atoms with Crippen LogP contribution in [0.4, 0.5) is 5.95 Å². The van der Waals surface area contributed by atoms with Crippen LogP contribution >= 0.6 is 0 Å². The molecule has 5 rings (SSSR count). The monoisotopic (exact) mass is 426 g/mol. The van der Waals surface area contributed by atoms with Crippen molar-refractivity contribution in [3.63, 3.8) is 0 Å².